The fraction of sp³-hybridized carbons (Fsp3) is 0.0667. The van der Waals surface area contributed by atoms with Crippen LogP contribution in [0.25, 0.3) is 0 Å². The van der Waals surface area contributed by atoms with Gasteiger partial charge < -0.3 is 5.11 Å². The molecule has 0 aliphatic carbocycles. The minimum atomic E-state index is -0.319. The van der Waals surface area contributed by atoms with Crippen LogP contribution in [0.2, 0.25) is 0 Å². The average Bonchev–Trinajstić information content (AvgIpc) is 2.41. The Kier molecular flexibility index (Phi) is 4.53. The molecule has 1 amide bonds. The van der Waals surface area contributed by atoms with E-state index in [4.69, 9.17) is 0 Å². The molecule has 2 aromatic carbocycles. The molecule has 0 radical (unpaired) electrons. The number of hydrogen-bond donors (Lipinski definition) is 2. The summed E-state index contributed by atoms with van der Waals surface area (Å²) in [5, 5.41) is 13.6. The molecule has 2 rings (SSSR count). The van der Waals surface area contributed by atoms with Gasteiger partial charge >= 0.3 is 0 Å². The van der Waals surface area contributed by atoms with Gasteiger partial charge in [0.1, 0.15) is 5.75 Å². The molecule has 0 bridgehead atoms. The van der Waals surface area contributed by atoms with Crippen molar-refractivity contribution in [2.75, 3.05) is 0 Å². The van der Waals surface area contributed by atoms with Crippen LogP contribution in [0.5, 0.6) is 5.75 Å². The lowest BCUT2D eigenvalue weighted by atomic mass is 10.1. The largest absolute Gasteiger partial charge is 0.507 e. The molecule has 0 aliphatic heterocycles. The van der Waals surface area contributed by atoms with Crippen molar-refractivity contribution >= 4 is 28.1 Å². The number of phenolic OH excluding ortho intramolecular Hbond substituents is 1. The topological polar surface area (TPSA) is 61.7 Å². The predicted molar refractivity (Wildman–Crippen MR) is 82.0 cm³/mol. The van der Waals surface area contributed by atoms with E-state index in [1.807, 2.05) is 19.1 Å². The van der Waals surface area contributed by atoms with Gasteiger partial charge in [-0.15, -0.1) is 0 Å². The minimum absolute atomic E-state index is 0.129. The lowest BCUT2D eigenvalue weighted by Crippen LogP contribution is -2.18. The third-order valence-corrected chi connectivity index (χ3v) is 3.37. The second kappa shape index (κ2) is 6.34. The smallest absolute Gasteiger partial charge is 0.272 e. The number of amides is 1. The molecule has 5 heteroatoms. The maximum absolute atomic E-state index is 11.9. The summed E-state index contributed by atoms with van der Waals surface area (Å²) in [5.41, 5.74) is 4.42. The van der Waals surface area contributed by atoms with Crippen molar-refractivity contribution in [2.24, 2.45) is 5.10 Å². The molecule has 0 aromatic heterocycles. The SMILES string of the molecule is Cc1ccc(/C=N\NC(=O)c2ccccc2Br)c(O)c1. The second-order valence-corrected chi connectivity index (χ2v) is 5.10. The second-order valence-electron chi connectivity index (χ2n) is 4.24. The number of carbonyl (C=O) groups is 1. The van der Waals surface area contributed by atoms with Crippen LogP contribution in [0.4, 0.5) is 0 Å². The lowest BCUT2D eigenvalue weighted by Gasteiger charge is -2.03. The minimum Gasteiger partial charge on any atom is -0.507 e. The highest BCUT2D eigenvalue weighted by Gasteiger charge is 2.07. The van der Waals surface area contributed by atoms with Crippen molar-refractivity contribution in [3.8, 4) is 5.75 Å². The number of aryl methyl sites for hydroxylation is 1. The Bertz CT molecular complexity index is 669. The van der Waals surface area contributed by atoms with Gasteiger partial charge in [-0.1, -0.05) is 18.2 Å². The summed E-state index contributed by atoms with van der Waals surface area (Å²) in [6.45, 7) is 1.88. The molecule has 0 fully saturated rings. The molecular formula is C15H13BrN2O2. The van der Waals surface area contributed by atoms with Crippen LogP contribution < -0.4 is 5.43 Å². The summed E-state index contributed by atoms with van der Waals surface area (Å²) in [6.07, 6.45) is 1.41. The van der Waals surface area contributed by atoms with Gasteiger partial charge in [0.05, 0.1) is 11.8 Å². The number of halogens is 1. The highest BCUT2D eigenvalue weighted by molar-refractivity contribution is 9.10. The molecule has 2 aromatic rings. The van der Waals surface area contributed by atoms with Crippen molar-refractivity contribution < 1.29 is 9.90 Å². The Morgan fingerprint density at radius 1 is 1.30 bits per heavy atom. The first kappa shape index (κ1) is 14.3. The van der Waals surface area contributed by atoms with Crippen LogP contribution >= 0.6 is 15.9 Å². The van der Waals surface area contributed by atoms with E-state index < -0.39 is 0 Å². The van der Waals surface area contributed by atoms with E-state index in [9.17, 15) is 9.90 Å². The van der Waals surface area contributed by atoms with Gasteiger partial charge in [0.25, 0.3) is 5.91 Å². The fourth-order valence-corrected chi connectivity index (χ4v) is 2.09. The van der Waals surface area contributed by atoms with Gasteiger partial charge in [0.2, 0.25) is 0 Å². The van der Waals surface area contributed by atoms with E-state index >= 15 is 0 Å². The Morgan fingerprint density at radius 3 is 2.75 bits per heavy atom. The van der Waals surface area contributed by atoms with Crippen molar-refractivity contribution in [2.45, 2.75) is 6.92 Å². The van der Waals surface area contributed by atoms with Crippen molar-refractivity contribution in [1.29, 1.82) is 0 Å². The molecule has 0 spiro atoms. The first-order valence-electron chi connectivity index (χ1n) is 5.95. The van der Waals surface area contributed by atoms with Gasteiger partial charge in [0.15, 0.2) is 0 Å². The Morgan fingerprint density at radius 2 is 2.05 bits per heavy atom. The third kappa shape index (κ3) is 3.45. The molecule has 0 unspecified atom stereocenters. The summed E-state index contributed by atoms with van der Waals surface area (Å²) in [5.74, 6) is -0.191. The molecule has 20 heavy (non-hydrogen) atoms. The molecule has 0 saturated heterocycles. The molecule has 2 N–H and O–H groups in total. The van der Waals surface area contributed by atoms with Gasteiger partial charge in [0, 0.05) is 10.0 Å². The van der Waals surface area contributed by atoms with Crippen LogP contribution in [-0.2, 0) is 0 Å². The number of nitrogens with one attached hydrogen (secondary N) is 1. The van der Waals surface area contributed by atoms with E-state index in [2.05, 4.69) is 26.5 Å². The quantitative estimate of drug-likeness (QED) is 0.669. The predicted octanol–water partition coefficient (Wildman–Crippen LogP) is 3.23. The van der Waals surface area contributed by atoms with E-state index in [0.717, 1.165) is 5.56 Å². The Balaban J connectivity index is 2.07. The standard InChI is InChI=1S/C15H13BrN2O2/c1-10-6-7-11(14(19)8-10)9-17-18-15(20)12-4-2-3-5-13(12)16/h2-9,19H,1H3,(H,18,20)/b17-9-. The van der Waals surface area contributed by atoms with E-state index in [0.29, 0.717) is 15.6 Å². The number of carbonyl (C=O) groups excluding carboxylic acids is 1. The van der Waals surface area contributed by atoms with E-state index in [1.54, 1.807) is 30.3 Å². The summed E-state index contributed by atoms with van der Waals surface area (Å²) in [4.78, 5) is 11.9. The molecule has 0 aliphatic rings. The molecule has 102 valence electrons. The molecule has 4 nitrogen and oxygen atoms in total. The van der Waals surface area contributed by atoms with Gasteiger partial charge in [-0.25, -0.2) is 5.43 Å². The van der Waals surface area contributed by atoms with E-state index in [-0.39, 0.29) is 11.7 Å². The number of nitrogens with zero attached hydrogens (tertiary/aromatic N) is 1. The molecule has 0 atom stereocenters. The normalized spacial score (nSPS) is 10.7. The highest BCUT2D eigenvalue weighted by Crippen LogP contribution is 2.17. The van der Waals surface area contributed by atoms with Gasteiger partial charge in [-0.3, -0.25) is 4.79 Å². The summed E-state index contributed by atoms with van der Waals surface area (Å²) < 4.78 is 0.700. The van der Waals surface area contributed by atoms with Crippen LogP contribution in [0.1, 0.15) is 21.5 Å². The zero-order valence-electron chi connectivity index (χ0n) is 10.8. The summed E-state index contributed by atoms with van der Waals surface area (Å²) in [6, 6.07) is 12.3. The molecular weight excluding hydrogens is 320 g/mol. The monoisotopic (exact) mass is 332 g/mol. The molecule has 0 saturated carbocycles. The number of aromatic hydroxyl groups is 1. The van der Waals surface area contributed by atoms with Crippen LogP contribution in [0.3, 0.4) is 0 Å². The van der Waals surface area contributed by atoms with Crippen LogP contribution in [0, 0.1) is 6.92 Å². The van der Waals surface area contributed by atoms with Crippen LogP contribution in [0.15, 0.2) is 52.0 Å². The Labute approximate surface area is 125 Å². The highest BCUT2D eigenvalue weighted by atomic mass is 79.9. The van der Waals surface area contributed by atoms with Crippen LogP contribution in [-0.4, -0.2) is 17.2 Å². The number of hydrazone groups is 1. The zero-order valence-corrected chi connectivity index (χ0v) is 12.4. The number of hydrogen-bond acceptors (Lipinski definition) is 3. The number of phenols is 1. The third-order valence-electron chi connectivity index (χ3n) is 2.67. The van der Waals surface area contributed by atoms with Crippen molar-refractivity contribution in [3.05, 3.63) is 63.6 Å². The van der Waals surface area contributed by atoms with Gasteiger partial charge in [-0.2, -0.15) is 5.10 Å². The molecule has 0 heterocycles. The fourth-order valence-electron chi connectivity index (χ4n) is 1.63. The average molecular weight is 333 g/mol. The van der Waals surface area contributed by atoms with Crippen molar-refractivity contribution in [1.82, 2.24) is 5.43 Å². The zero-order chi connectivity index (χ0) is 14.5. The number of benzene rings is 2. The lowest BCUT2D eigenvalue weighted by molar-refractivity contribution is 0.0954. The number of rotatable bonds is 3. The first-order valence-corrected chi connectivity index (χ1v) is 6.75. The summed E-state index contributed by atoms with van der Waals surface area (Å²) in [7, 11) is 0. The maximum atomic E-state index is 11.9. The first-order chi connectivity index (χ1) is 9.58. The van der Waals surface area contributed by atoms with E-state index in [1.165, 1.54) is 6.21 Å². The van der Waals surface area contributed by atoms with Crippen molar-refractivity contribution in [3.63, 3.8) is 0 Å². The Hall–Kier alpha value is -2.14. The maximum Gasteiger partial charge on any atom is 0.272 e. The van der Waals surface area contributed by atoms with Gasteiger partial charge in [-0.05, 0) is 52.7 Å². The summed E-state index contributed by atoms with van der Waals surface area (Å²) >= 11 is 3.30.